The van der Waals surface area contributed by atoms with E-state index in [1.54, 1.807) is 0 Å². The average molecular weight is 671 g/mol. The number of carbonyl (C=O) groups excluding carboxylic acids is 4. The van der Waals surface area contributed by atoms with Gasteiger partial charge in [-0.05, 0) is 104 Å². The standard InChI is InChI=1S/C40H62O8/c1-24-17-20-38(6)30(48-34(44)16-14-32(42)46-10)23-40(8)26(35(38)25(24)2)11-12-28-37(5)21-19-29(47-33(43)15-13-31(41)45-9)36(3,4)27(37)18-22-39(28,40)7/h17,25-30,35H,11-16,18-23H2,1-10H3/t25-,26-,27+,28-,29+,30+,35-,37+,38-,39-,40-/m1/s1. The number of carbonyl (C=O) groups is 4. The van der Waals surface area contributed by atoms with Crippen LogP contribution in [0.15, 0.2) is 11.6 Å². The van der Waals surface area contributed by atoms with Crippen LogP contribution in [0.3, 0.4) is 0 Å². The maximum atomic E-state index is 13.3. The Hall–Kier alpha value is -2.38. The molecule has 0 amide bonds. The van der Waals surface area contributed by atoms with Crippen molar-refractivity contribution in [3.05, 3.63) is 11.6 Å². The number of esters is 4. The van der Waals surface area contributed by atoms with Gasteiger partial charge in [0.2, 0.25) is 0 Å². The molecule has 0 aromatic carbocycles. The molecule has 11 atom stereocenters. The Morgan fingerprint density at radius 2 is 1.25 bits per heavy atom. The van der Waals surface area contributed by atoms with Gasteiger partial charge in [-0.2, -0.15) is 0 Å². The average Bonchev–Trinajstić information content (AvgIpc) is 3.03. The van der Waals surface area contributed by atoms with E-state index < -0.39 is 11.9 Å². The minimum absolute atomic E-state index is 0.0331. The van der Waals surface area contributed by atoms with Gasteiger partial charge in [0.05, 0.1) is 39.9 Å². The van der Waals surface area contributed by atoms with Crippen molar-refractivity contribution >= 4 is 23.9 Å². The van der Waals surface area contributed by atoms with Gasteiger partial charge in [-0.3, -0.25) is 19.2 Å². The summed E-state index contributed by atoms with van der Waals surface area (Å²) in [6, 6.07) is 0. The van der Waals surface area contributed by atoms with Crippen molar-refractivity contribution in [1.82, 2.24) is 0 Å². The molecule has 0 spiro atoms. The van der Waals surface area contributed by atoms with E-state index in [2.05, 4.69) is 61.5 Å². The minimum Gasteiger partial charge on any atom is -0.469 e. The summed E-state index contributed by atoms with van der Waals surface area (Å²) < 4.78 is 22.1. The molecule has 4 saturated carbocycles. The van der Waals surface area contributed by atoms with Crippen molar-refractivity contribution in [1.29, 1.82) is 0 Å². The van der Waals surface area contributed by atoms with Gasteiger partial charge in [0.25, 0.3) is 0 Å². The Bertz CT molecular complexity index is 1320. The van der Waals surface area contributed by atoms with Gasteiger partial charge < -0.3 is 18.9 Å². The molecular formula is C40H62O8. The van der Waals surface area contributed by atoms with Crippen LogP contribution in [0.5, 0.6) is 0 Å². The fourth-order valence-corrected chi connectivity index (χ4v) is 12.7. The first-order chi connectivity index (χ1) is 22.4. The maximum Gasteiger partial charge on any atom is 0.306 e. The highest BCUT2D eigenvalue weighted by molar-refractivity contribution is 5.78. The van der Waals surface area contributed by atoms with Crippen LogP contribution in [0.2, 0.25) is 0 Å². The van der Waals surface area contributed by atoms with Gasteiger partial charge in [0.1, 0.15) is 12.2 Å². The predicted octanol–water partition coefficient (Wildman–Crippen LogP) is 8.00. The fraction of sp³-hybridized carbons (Fsp3) is 0.850. The number of fused-ring (bicyclic) bond motifs is 7. The Labute approximate surface area is 288 Å². The lowest BCUT2D eigenvalue weighted by Gasteiger charge is -2.74. The third-order valence-corrected chi connectivity index (χ3v) is 15.6. The highest BCUT2D eigenvalue weighted by Gasteiger charge is 2.71. The van der Waals surface area contributed by atoms with Crippen LogP contribution in [-0.2, 0) is 38.1 Å². The lowest BCUT2D eigenvalue weighted by Crippen LogP contribution is -2.69. The van der Waals surface area contributed by atoms with E-state index in [-0.39, 0.29) is 76.9 Å². The van der Waals surface area contributed by atoms with Crippen LogP contribution in [-0.4, -0.2) is 50.3 Å². The van der Waals surface area contributed by atoms with Gasteiger partial charge in [-0.25, -0.2) is 0 Å². The molecular weight excluding hydrogens is 608 g/mol. The molecule has 5 aliphatic rings. The maximum absolute atomic E-state index is 13.3. The van der Waals surface area contributed by atoms with E-state index in [9.17, 15) is 19.2 Å². The molecule has 0 radical (unpaired) electrons. The first-order valence-electron chi connectivity index (χ1n) is 18.6. The van der Waals surface area contributed by atoms with Crippen LogP contribution in [0, 0.1) is 56.7 Å². The van der Waals surface area contributed by atoms with Crippen molar-refractivity contribution in [2.45, 2.75) is 145 Å². The van der Waals surface area contributed by atoms with Crippen molar-refractivity contribution in [2.75, 3.05) is 14.2 Å². The van der Waals surface area contributed by atoms with E-state index in [1.165, 1.54) is 32.6 Å². The number of rotatable bonds is 8. The molecule has 48 heavy (non-hydrogen) atoms. The molecule has 0 saturated heterocycles. The van der Waals surface area contributed by atoms with Gasteiger partial charge >= 0.3 is 23.9 Å². The van der Waals surface area contributed by atoms with Gasteiger partial charge in [-0.15, -0.1) is 0 Å². The largest absolute Gasteiger partial charge is 0.469 e. The number of allylic oxidation sites excluding steroid dienone is 2. The van der Waals surface area contributed by atoms with Crippen molar-refractivity contribution in [3.63, 3.8) is 0 Å². The van der Waals surface area contributed by atoms with Crippen LogP contribution in [0.4, 0.5) is 0 Å². The molecule has 0 unspecified atom stereocenters. The zero-order chi connectivity index (χ0) is 35.4. The van der Waals surface area contributed by atoms with Crippen LogP contribution < -0.4 is 0 Å². The van der Waals surface area contributed by atoms with Crippen molar-refractivity contribution < 1.29 is 38.1 Å². The molecule has 270 valence electrons. The summed E-state index contributed by atoms with van der Waals surface area (Å²) in [6.45, 7) is 19.2. The van der Waals surface area contributed by atoms with Crippen molar-refractivity contribution in [3.8, 4) is 0 Å². The fourth-order valence-electron chi connectivity index (χ4n) is 12.7. The highest BCUT2D eigenvalue weighted by Crippen LogP contribution is 2.77. The Kier molecular flexibility index (Phi) is 10.0. The second kappa shape index (κ2) is 13.1. The zero-order valence-corrected chi connectivity index (χ0v) is 31.4. The molecule has 5 rings (SSSR count). The van der Waals surface area contributed by atoms with Gasteiger partial charge in [0, 0.05) is 10.8 Å². The molecule has 0 aliphatic heterocycles. The Balaban J connectivity index is 1.43. The number of ether oxygens (including phenoxy) is 4. The molecule has 0 bridgehead atoms. The van der Waals surface area contributed by atoms with E-state index in [0.717, 1.165) is 38.5 Å². The second-order valence-corrected chi connectivity index (χ2v) is 17.8. The number of methoxy groups -OCH3 is 2. The summed E-state index contributed by atoms with van der Waals surface area (Å²) in [5.41, 5.74) is 1.19. The Morgan fingerprint density at radius 1 is 0.688 bits per heavy atom. The molecule has 0 aromatic rings. The summed E-state index contributed by atoms with van der Waals surface area (Å²) in [6.07, 6.45) is 10.2. The SMILES string of the molecule is COC(=O)CCC(=O)O[C@H]1CC[C@]2(C)[C@H]3CC[C@@H]4[C@H]5[C@H](C)C(C)=CC[C@]5(C)[C@@H](OC(=O)CCC(=O)OC)C[C@@]4(C)[C@]3(C)CC[C@H]2C1(C)C. The van der Waals surface area contributed by atoms with Gasteiger partial charge in [0.15, 0.2) is 0 Å². The van der Waals surface area contributed by atoms with E-state index in [4.69, 9.17) is 18.9 Å². The third kappa shape index (κ3) is 5.83. The summed E-state index contributed by atoms with van der Waals surface area (Å²) in [7, 11) is 2.69. The van der Waals surface area contributed by atoms with E-state index >= 15 is 0 Å². The van der Waals surface area contributed by atoms with Crippen molar-refractivity contribution in [2.24, 2.45) is 56.7 Å². The van der Waals surface area contributed by atoms with Crippen LogP contribution in [0.1, 0.15) is 132 Å². The zero-order valence-electron chi connectivity index (χ0n) is 31.4. The topological polar surface area (TPSA) is 105 Å². The molecule has 0 aromatic heterocycles. The molecule has 5 aliphatic carbocycles. The molecule has 0 N–H and O–H groups in total. The van der Waals surface area contributed by atoms with E-state index in [0.29, 0.717) is 29.6 Å². The number of hydrogen-bond acceptors (Lipinski definition) is 8. The summed E-state index contributed by atoms with van der Waals surface area (Å²) in [5.74, 6) is 0.809. The van der Waals surface area contributed by atoms with Crippen LogP contribution >= 0.6 is 0 Å². The Morgan fingerprint density at radius 3 is 1.83 bits per heavy atom. The molecule has 4 fully saturated rings. The van der Waals surface area contributed by atoms with Crippen LogP contribution in [0.25, 0.3) is 0 Å². The quantitative estimate of drug-likeness (QED) is 0.145. The summed E-state index contributed by atoms with van der Waals surface area (Å²) in [5, 5.41) is 0. The lowest BCUT2D eigenvalue weighted by atomic mass is 9.31. The molecule has 8 heteroatoms. The smallest absolute Gasteiger partial charge is 0.306 e. The first kappa shape index (κ1) is 36.9. The normalized spacial score (nSPS) is 42.8. The lowest BCUT2D eigenvalue weighted by molar-refractivity contribution is -0.271. The van der Waals surface area contributed by atoms with Gasteiger partial charge in [-0.1, -0.05) is 60.1 Å². The molecule has 8 nitrogen and oxygen atoms in total. The first-order valence-corrected chi connectivity index (χ1v) is 18.6. The minimum atomic E-state index is -0.395. The second-order valence-electron chi connectivity index (χ2n) is 17.8. The third-order valence-electron chi connectivity index (χ3n) is 15.6. The summed E-state index contributed by atoms with van der Waals surface area (Å²) >= 11 is 0. The monoisotopic (exact) mass is 670 g/mol. The van der Waals surface area contributed by atoms with E-state index in [1.807, 2.05) is 0 Å². The summed E-state index contributed by atoms with van der Waals surface area (Å²) in [4.78, 5) is 49.7. The number of hydrogen-bond donors (Lipinski definition) is 0. The highest BCUT2D eigenvalue weighted by atomic mass is 16.6. The molecule has 0 heterocycles. The predicted molar refractivity (Wildman–Crippen MR) is 182 cm³/mol.